The minimum atomic E-state index is -3.76. The number of hydrogen-bond acceptors (Lipinski definition) is 5. The summed E-state index contributed by atoms with van der Waals surface area (Å²) in [4.78, 5) is 13.9. The highest BCUT2D eigenvalue weighted by Gasteiger charge is 2.20. The van der Waals surface area contributed by atoms with Crippen molar-refractivity contribution in [3.8, 4) is 0 Å². The summed E-state index contributed by atoms with van der Waals surface area (Å²) < 4.78 is 26.5. The van der Waals surface area contributed by atoms with Gasteiger partial charge in [0.2, 0.25) is 0 Å². The molecule has 0 saturated carbocycles. The van der Waals surface area contributed by atoms with E-state index in [1.807, 2.05) is 13.8 Å². The maximum Gasteiger partial charge on any atom is 0.325 e. The Balaban J connectivity index is 3.18. The van der Waals surface area contributed by atoms with Crippen molar-refractivity contribution in [1.29, 1.82) is 0 Å². The van der Waals surface area contributed by atoms with Crippen molar-refractivity contribution in [2.24, 2.45) is 5.16 Å². The first-order valence-electron chi connectivity index (χ1n) is 6.20. The van der Waals surface area contributed by atoms with Gasteiger partial charge in [0.1, 0.15) is 0 Å². The average Bonchev–Trinajstić information content (AvgIpc) is 2.40. The molecule has 0 aliphatic carbocycles. The Morgan fingerprint density at radius 2 is 1.75 bits per heavy atom. The van der Waals surface area contributed by atoms with Crippen LogP contribution in [0.1, 0.15) is 19.4 Å². The highest BCUT2D eigenvalue weighted by atomic mass is 32.2. The van der Waals surface area contributed by atoms with E-state index in [4.69, 9.17) is 0 Å². The third kappa shape index (κ3) is 4.65. The van der Waals surface area contributed by atoms with Gasteiger partial charge in [0.05, 0.1) is 6.26 Å². The van der Waals surface area contributed by atoms with Crippen LogP contribution in [0.2, 0.25) is 0 Å². The summed E-state index contributed by atoms with van der Waals surface area (Å²) in [5, 5.41) is 3.52. The molecule has 0 radical (unpaired) electrons. The molecule has 1 rings (SSSR count). The Morgan fingerprint density at radius 1 is 1.20 bits per heavy atom. The number of hydrogen-bond donors (Lipinski definition) is 0. The zero-order valence-corrected chi connectivity index (χ0v) is 12.6. The second kappa shape index (κ2) is 7.04. The molecule has 0 unspecified atom stereocenters. The summed E-state index contributed by atoms with van der Waals surface area (Å²) in [7, 11) is -3.76. The van der Waals surface area contributed by atoms with Crippen molar-refractivity contribution in [3.05, 3.63) is 35.9 Å². The fourth-order valence-electron chi connectivity index (χ4n) is 1.58. The lowest BCUT2D eigenvalue weighted by atomic mass is 10.1. The van der Waals surface area contributed by atoms with Gasteiger partial charge in [-0.3, -0.25) is 9.08 Å². The van der Waals surface area contributed by atoms with Gasteiger partial charge in [-0.15, -0.1) is 0 Å². The molecule has 0 N–H and O–H groups in total. The van der Waals surface area contributed by atoms with Gasteiger partial charge in [0.15, 0.2) is 5.71 Å². The predicted molar refractivity (Wildman–Crippen MR) is 76.8 cm³/mol. The van der Waals surface area contributed by atoms with Crippen LogP contribution in [0.5, 0.6) is 0 Å². The summed E-state index contributed by atoms with van der Waals surface area (Å²) in [6.45, 7) is 4.67. The summed E-state index contributed by atoms with van der Waals surface area (Å²) in [6, 6.07) is 8.61. The standard InChI is InChI=1S/C13H18N2O4S/c1-4-15(5-2)13(16)12(14-19-20(3,17)18)11-9-7-6-8-10-11/h6-10H,4-5H2,1-3H3. The molecule has 1 amide bonds. The molecule has 0 bridgehead atoms. The predicted octanol–water partition coefficient (Wildman–Crippen LogP) is 1.24. The molecule has 1 aromatic rings. The van der Waals surface area contributed by atoms with Crippen LogP contribution in [-0.2, 0) is 19.2 Å². The maximum absolute atomic E-state index is 12.3. The quantitative estimate of drug-likeness (QED) is 0.585. The van der Waals surface area contributed by atoms with E-state index in [1.165, 1.54) is 4.90 Å². The summed E-state index contributed by atoms with van der Waals surface area (Å²) in [5.74, 6) is -0.371. The molecule has 1 aromatic carbocycles. The van der Waals surface area contributed by atoms with Crippen LogP contribution in [0.4, 0.5) is 0 Å². The van der Waals surface area contributed by atoms with Crippen LogP contribution >= 0.6 is 0 Å². The lowest BCUT2D eigenvalue weighted by Crippen LogP contribution is -2.37. The minimum Gasteiger partial charge on any atom is -0.338 e. The third-order valence-corrected chi connectivity index (χ3v) is 2.91. The number of carbonyl (C=O) groups is 1. The Morgan fingerprint density at radius 3 is 2.20 bits per heavy atom. The van der Waals surface area contributed by atoms with Crippen molar-refractivity contribution in [3.63, 3.8) is 0 Å². The Hall–Kier alpha value is -1.89. The Kier molecular flexibility index (Phi) is 5.69. The van der Waals surface area contributed by atoms with Crippen LogP contribution in [0.25, 0.3) is 0 Å². The molecular weight excluding hydrogens is 280 g/mol. The van der Waals surface area contributed by atoms with E-state index in [9.17, 15) is 13.2 Å². The van der Waals surface area contributed by atoms with E-state index in [-0.39, 0.29) is 11.6 Å². The van der Waals surface area contributed by atoms with E-state index in [2.05, 4.69) is 9.44 Å². The van der Waals surface area contributed by atoms with E-state index in [1.54, 1.807) is 30.3 Å². The van der Waals surface area contributed by atoms with Crippen molar-refractivity contribution in [2.75, 3.05) is 19.3 Å². The van der Waals surface area contributed by atoms with Gasteiger partial charge in [0, 0.05) is 18.7 Å². The Bertz CT molecular complexity index is 578. The first kappa shape index (κ1) is 16.2. The van der Waals surface area contributed by atoms with Crippen molar-refractivity contribution in [2.45, 2.75) is 13.8 Å². The molecule has 0 spiro atoms. The second-order valence-electron chi connectivity index (χ2n) is 4.06. The lowest BCUT2D eigenvalue weighted by Gasteiger charge is -2.19. The van der Waals surface area contributed by atoms with Gasteiger partial charge >= 0.3 is 10.1 Å². The molecule has 20 heavy (non-hydrogen) atoms. The molecule has 0 aliphatic heterocycles. The molecule has 0 saturated heterocycles. The number of oxime groups is 1. The van der Waals surface area contributed by atoms with Crippen LogP contribution in [0, 0.1) is 0 Å². The van der Waals surface area contributed by atoms with Crippen molar-refractivity contribution < 1.29 is 17.5 Å². The molecule has 0 aromatic heterocycles. The van der Waals surface area contributed by atoms with Gasteiger partial charge in [-0.05, 0) is 13.8 Å². The average molecular weight is 298 g/mol. The normalized spacial score (nSPS) is 12.1. The van der Waals surface area contributed by atoms with E-state index in [0.717, 1.165) is 6.26 Å². The number of amides is 1. The fraction of sp³-hybridized carbons (Fsp3) is 0.385. The smallest absolute Gasteiger partial charge is 0.325 e. The molecule has 0 atom stereocenters. The first-order valence-corrected chi connectivity index (χ1v) is 8.02. The van der Waals surface area contributed by atoms with E-state index in [0.29, 0.717) is 18.7 Å². The van der Waals surface area contributed by atoms with Crippen molar-refractivity contribution in [1.82, 2.24) is 4.90 Å². The minimum absolute atomic E-state index is 0.0280. The molecule has 0 fully saturated rings. The molecule has 0 aliphatic rings. The molecule has 0 heterocycles. The highest BCUT2D eigenvalue weighted by molar-refractivity contribution is 7.85. The van der Waals surface area contributed by atoms with Crippen LogP contribution in [-0.4, -0.2) is 44.3 Å². The summed E-state index contributed by atoms with van der Waals surface area (Å²) in [6.07, 6.45) is 0.876. The number of likely N-dealkylation sites (N-methyl/N-ethyl adjacent to an activating group) is 1. The number of benzene rings is 1. The molecule has 6 nitrogen and oxygen atoms in total. The summed E-state index contributed by atoms with van der Waals surface area (Å²) in [5.41, 5.74) is 0.479. The highest BCUT2D eigenvalue weighted by Crippen LogP contribution is 2.06. The van der Waals surface area contributed by atoms with Gasteiger partial charge in [0.25, 0.3) is 5.91 Å². The zero-order valence-electron chi connectivity index (χ0n) is 11.7. The topological polar surface area (TPSA) is 76.0 Å². The number of nitrogens with zero attached hydrogens (tertiary/aromatic N) is 2. The fourth-order valence-corrected chi connectivity index (χ4v) is 1.79. The van der Waals surface area contributed by atoms with Crippen LogP contribution in [0.3, 0.4) is 0 Å². The number of rotatable bonds is 6. The zero-order chi connectivity index (χ0) is 15.2. The third-order valence-electron chi connectivity index (χ3n) is 2.56. The van der Waals surface area contributed by atoms with Crippen LogP contribution in [0.15, 0.2) is 35.5 Å². The van der Waals surface area contributed by atoms with Gasteiger partial charge < -0.3 is 4.90 Å². The summed E-state index contributed by atoms with van der Waals surface area (Å²) >= 11 is 0. The molecular formula is C13H18N2O4S. The monoisotopic (exact) mass is 298 g/mol. The van der Waals surface area contributed by atoms with Gasteiger partial charge in [-0.2, -0.15) is 8.42 Å². The van der Waals surface area contributed by atoms with Crippen molar-refractivity contribution >= 4 is 21.7 Å². The number of carbonyl (C=O) groups excluding carboxylic acids is 1. The van der Waals surface area contributed by atoms with Gasteiger partial charge in [-0.25, -0.2) is 0 Å². The molecule has 110 valence electrons. The largest absolute Gasteiger partial charge is 0.338 e. The Labute approximate surface area is 119 Å². The lowest BCUT2D eigenvalue weighted by molar-refractivity contribution is -0.123. The second-order valence-corrected chi connectivity index (χ2v) is 5.62. The first-order chi connectivity index (χ1) is 9.39. The molecule has 7 heteroatoms. The van der Waals surface area contributed by atoms with E-state index >= 15 is 0 Å². The maximum atomic E-state index is 12.3. The van der Waals surface area contributed by atoms with E-state index < -0.39 is 10.1 Å². The van der Waals surface area contributed by atoms with Crippen LogP contribution < -0.4 is 0 Å². The van der Waals surface area contributed by atoms with Gasteiger partial charge in [-0.1, -0.05) is 35.5 Å². The SMILES string of the molecule is CCN(CC)C(=O)C(=NOS(C)(=O)=O)c1ccccc1.